The standard InChI is InChI=1S/C12H18ClNO3S/c13-7-9-18(15,16)14(11-4-1-2-5-11)10-12-6-3-8-17-12/h3,6,8,11H,1-2,4-5,7,9-10H2. The molecule has 0 aromatic carbocycles. The van der Waals surface area contributed by atoms with E-state index in [2.05, 4.69) is 0 Å². The lowest BCUT2D eigenvalue weighted by Gasteiger charge is -2.26. The Hall–Kier alpha value is -0.520. The second-order valence-electron chi connectivity index (χ2n) is 4.57. The van der Waals surface area contributed by atoms with Gasteiger partial charge in [0.05, 0.1) is 18.6 Å². The summed E-state index contributed by atoms with van der Waals surface area (Å²) in [6.45, 7) is 0.316. The van der Waals surface area contributed by atoms with Crippen LogP contribution < -0.4 is 0 Å². The molecule has 0 amide bonds. The van der Waals surface area contributed by atoms with Gasteiger partial charge < -0.3 is 4.42 Å². The Labute approximate surface area is 113 Å². The highest BCUT2D eigenvalue weighted by Crippen LogP contribution is 2.27. The van der Waals surface area contributed by atoms with E-state index in [1.165, 1.54) is 0 Å². The minimum atomic E-state index is -3.29. The first-order valence-electron chi connectivity index (χ1n) is 6.21. The minimum absolute atomic E-state index is 0.00817. The van der Waals surface area contributed by atoms with Crippen molar-refractivity contribution < 1.29 is 12.8 Å². The molecule has 0 atom stereocenters. The summed E-state index contributed by atoms with van der Waals surface area (Å²) in [5.41, 5.74) is 0. The van der Waals surface area contributed by atoms with E-state index < -0.39 is 10.0 Å². The number of furan rings is 1. The molecular formula is C12H18ClNO3S. The maximum absolute atomic E-state index is 12.2. The van der Waals surface area contributed by atoms with Gasteiger partial charge in [-0.05, 0) is 25.0 Å². The number of rotatable bonds is 6. The smallest absolute Gasteiger partial charge is 0.215 e. The SMILES string of the molecule is O=S(=O)(CCCl)N(Cc1ccco1)C1CCCC1. The summed E-state index contributed by atoms with van der Waals surface area (Å²) in [6, 6.07) is 3.68. The zero-order valence-corrected chi connectivity index (χ0v) is 11.8. The van der Waals surface area contributed by atoms with Gasteiger partial charge in [0.25, 0.3) is 0 Å². The van der Waals surface area contributed by atoms with Crippen LogP contribution in [0.15, 0.2) is 22.8 Å². The number of alkyl halides is 1. The number of sulfonamides is 1. The van der Waals surface area contributed by atoms with Gasteiger partial charge in [-0.15, -0.1) is 11.6 Å². The van der Waals surface area contributed by atoms with E-state index >= 15 is 0 Å². The number of halogens is 1. The van der Waals surface area contributed by atoms with E-state index in [-0.39, 0.29) is 17.7 Å². The highest BCUT2D eigenvalue weighted by Gasteiger charge is 2.32. The molecule has 1 saturated carbocycles. The molecule has 1 aromatic rings. The summed E-state index contributed by atoms with van der Waals surface area (Å²) in [4.78, 5) is 0. The normalized spacial score (nSPS) is 17.7. The Morgan fingerprint density at radius 2 is 2.11 bits per heavy atom. The van der Waals surface area contributed by atoms with Crippen LogP contribution in [0.4, 0.5) is 0 Å². The summed E-state index contributed by atoms with van der Waals surface area (Å²) < 4.78 is 31.3. The summed E-state index contributed by atoms with van der Waals surface area (Å²) in [7, 11) is -3.29. The Bertz CT molecular complexity index is 452. The Balaban J connectivity index is 2.17. The first kappa shape index (κ1) is 13.9. The van der Waals surface area contributed by atoms with Gasteiger partial charge in [-0.25, -0.2) is 8.42 Å². The predicted molar refractivity (Wildman–Crippen MR) is 71.0 cm³/mol. The zero-order valence-electron chi connectivity index (χ0n) is 10.2. The van der Waals surface area contributed by atoms with Gasteiger partial charge in [0, 0.05) is 11.9 Å². The molecule has 0 unspecified atom stereocenters. The summed E-state index contributed by atoms with van der Waals surface area (Å²) in [5, 5.41) is 0. The number of nitrogens with zero attached hydrogens (tertiary/aromatic N) is 1. The minimum Gasteiger partial charge on any atom is -0.468 e. The van der Waals surface area contributed by atoms with Crippen molar-refractivity contribution in [2.24, 2.45) is 0 Å². The van der Waals surface area contributed by atoms with Crippen molar-refractivity contribution in [3.8, 4) is 0 Å². The quantitative estimate of drug-likeness (QED) is 0.757. The average Bonchev–Trinajstić information content (AvgIpc) is 2.99. The van der Waals surface area contributed by atoms with Gasteiger partial charge in [-0.2, -0.15) is 4.31 Å². The molecule has 1 aliphatic carbocycles. The fraction of sp³-hybridized carbons (Fsp3) is 0.667. The molecule has 1 aliphatic rings. The van der Waals surface area contributed by atoms with Crippen molar-refractivity contribution in [2.45, 2.75) is 38.3 Å². The van der Waals surface area contributed by atoms with Gasteiger partial charge in [-0.3, -0.25) is 0 Å². The van der Waals surface area contributed by atoms with Crippen molar-refractivity contribution in [1.29, 1.82) is 0 Å². The Morgan fingerprint density at radius 1 is 1.39 bits per heavy atom. The first-order chi connectivity index (χ1) is 8.63. The molecular weight excluding hydrogens is 274 g/mol. The second kappa shape index (κ2) is 6.08. The monoisotopic (exact) mass is 291 g/mol. The lowest BCUT2D eigenvalue weighted by Crippen LogP contribution is -2.39. The molecule has 0 N–H and O–H groups in total. The summed E-state index contributed by atoms with van der Waals surface area (Å²) in [6.07, 6.45) is 5.62. The molecule has 2 rings (SSSR count). The molecule has 102 valence electrons. The summed E-state index contributed by atoms with van der Waals surface area (Å²) >= 11 is 5.59. The molecule has 4 nitrogen and oxygen atoms in total. The number of hydrogen-bond acceptors (Lipinski definition) is 3. The van der Waals surface area contributed by atoms with E-state index in [9.17, 15) is 8.42 Å². The topological polar surface area (TPSA) is 50.5 Å². The van der Waals surface area contributed by atoms with E-state index in [0.29, 0.717) is 12.3 Å². The van der Waals surface area contributed by atoms with Crippen molar-refractivity contribution in [3.05, 3.63) is 24.2 Å². The van der Waals surface area contributed by atoms with Crippen molar-refractivity contribution in [2.75, 3.05) is 11.6 Å². The van der Waals surface area contributed by atoms with Crippen LogP contribution in [0, 0.1) is 0 Å². The molecule has 1 aromatic heterocycles. The van der Waals surface area contributed by atoms with E-state index in [1.54, 1.807) is 22.7 Å². The van der Waals surface area contributed by atoms with Crippen LogP contribution in [0.5, 0.6) is 0 Å². The third-order valence-electron chi connectivity index (χ3n) is 3.32. The van der Waals surface area contributed by atoms with E-state index in [1.807, 2.05) is 0 Å². The van der Waals surface area contributed by atoms with Crippen molar-refractivity contribution >= 4 is 21.6 Å². The molecule has 0 aliphatic heterocycles. The van der Waals surface area contributed by atoms with Crippen LogP contribution in [0.2, 0.25) is 0 Å². The first-order valence-corrected chi connectivity index (χ1v) is 8.36. The van der Waals surface area contributed by atoms with E-state index in [4.69, 9.17) is 16.0 Å². The predicted octanol–water partition coefficient (Wildman–Crippen LogP) is 2.59. The van der Waals surface area contributed by atoms with Crippen LogP contribution in [0.25, 0.3) is 0 Å². The zero-order chi connectivity index (χ0) is 13.0. The van der Waals surface area contributed by atoms with Crippen LogP contribution in [0.3, 0.4) is 0 Å². The van der Waals surface area contributed by atoms with Crippen molar-refractivity contribution in [3.63, 3.8) is 0 Å². The fourth-order valence-corrected chi connectivity index (χ4v) is 4.42. The second-order valence-corrected chi connectivity index (χ2v) is 6.99. The molecule has 18 heavy (non-hydrogen) atoms. The molecule has 0 spiro atoms. The molecule has 1 fully saturated rings. The highest BCUT2D eigenvalue weighted by atomic mass is 35.5. The molecule has 1 heterocycles. The largest absolute Gasteiger partial charge is 0.468 e. The maximum atomic E-state index is 12.2. The van der Waals surface area contributed by atoms with Gasteiger partial charge >= 0.3 is 0 Å². The average molecular weight is 292 g/mol. The highest BCUT2D eigenvalue weighted by molar-refractivity contribution is 7.89. The van der Waals surface area contributed by atoms with Gasteiger partial charge in [0.15, 0.2) is 0 Å². The molecule has 6 heteroatoms. The van der Waals surface area contributed by atoms with E-state index in [0.717, 1.165) is 25.7 Å². The lowest BCUT2D eigenvalue weighted by atomic mass is 10.2. The Morgan fingerprint density at radius 3 is 2.67 bits per heavy atom. The van der Waals surface area contributed by atoms with Crippen LogP contribution in [0.1, 0.15) is 31.4 Å². The van der Waals surface area contributed by atoms with Gasteiger partial charge in [-0.1, -0.05) is 12.8 Å². The van der Waals surface area contributed by atoms with Crippen LogP contribution in [-0.2, 0) is 16.6 Å². The molecule has 0 bridgehead atoms. The number of hydrogen-bond donors (Lipinski definition) is 0. The van der Waals surface area contributed by atoms with Crippen LogP contribution in [-0.4, -0.2) is 30.4 Å². The molecule has 0 saturated heterocycles. The van der Waals surface area contributed by atoms with Crippen LogP contribution >= 0.6 is 11.6 Å². The summed E-state index contributed by atoms with van der Waals surface area (Å²) in [5.74, 6) is 0.801. The van der Waals surface area contributed by atoms with Gasteiger partial charge in [0.2, 0.25) is 10.0 Å². The lowest BCUT2D eigenvalue weighted by molar-refractivity contribution is 0.292. The fourth-order valence-electron chi connectivity index (χ4n) is 2.42. The third kappa shape index (κ3) is 3.28. The third-order valence-corrected chi connectivity index (χ3v) is 5.59. The maximum Gasteiger partial charge on any atom is 0.215 e. The molecule has 0 radical (unpaired) electrons. The van der Waals surface area contributed by atoms with Gasteiger partial charge in [0.1, 0.15) is 5.76 Å². The van der Waals surface area contributed by atoms with Crippen molar-refractivity contribution in [1.82, 2.24) is 4.31 Å². The Kier molecular flexibility index (Phi) is 4.70.